The Kier molecular flexibility index (Phi) is 36.0. The summed E-state index contributed by atoms with van der Waals surface area (Å²) in [4.78, 5) is 58.7. The molecular formula is C104H144N8O16S4. The lowest BCUT2D eigenvalue weighted by Gasteiger charge is -2.29. The van der Waals surface area contributed by atoms with Gasteiger partial charge in [-0.1, -0.05) is 258 Å². The van der Waals surface area contributed by atoms with Crippen molar-refractivity contribution >= 4 is 63.7 Å². The fourth-order valence-corrected chi connectivity index (χ4v) is 20.6. The number of carbonyl (C=O) groups is 4. The maximum atomic E-state index is 14.7. The summed E-state index contributed by atoms with van der Waals surface area (Å²) in [5.41, 5.74) is 10.9. The molecule has 0 aliphatic heterocycles. The van der Waals surface area contributed by atoms with Crippen molar-refractivity contribution in [1.29, 1.82) is 0 Å². The van der Waals surface area contributed by atoms with Crippen molar-refractivity contribution in [2.24, 2.45) is 23.7 Å². The van der Waals surface area contributed by atoms with Crippen LogP contribution < -0.4 is 59.1 Å². The van der Waals surface area contributed by atoms with Crippen LogP contribution in [0.5, 0.6) is 23.0 Å². The summed E-state index contributed by atoms with van der Waals surface area (Å²) in [6.45, 7) is 47.7. The van der Waals surface area contributed by atoms with Gasteiger partial charge in [-0.3, -0.25) is 19.2 Å². The van der Waals surface area contributed by atoms with E-state index >= 15 is 0 Å². The van der Waals surface area contributed by atoms with Gasteiger partial charge in [-0.2, -0.15) is 18.9 Å². The SMILES string of the molecule is Cc1ccc(S(=O)(=O)NC(CC(C)C)C(=O)NCCOc2c3cc(C(C)(C)C)cc2Cc2cc(C(C)(C)C)cc(c2OCCNC(=O)C(CC(C)C)NS(=O)(=O)c2ccc(C)cc2)Cc2cc(C(C)(C)C)cc(c2OCCNC(=O)C(CC(C)C)NS(=O)(=O)c2ccc(C)cc2)Cc2cc(C(C)(C)C)cc(c2OCCNC(=O)C(CC(C)C)NS(=O)(=O)c2ccc(C)cc2)C3)cc1. The minimum atomic E-state index is -4.17. The molecule has 4 atom stereocenters. The van der Waals surface area contributed by atoms with Crippen LogP contribution in [-0.4, -0.2) is 134 Å². The molecular weight excluding hydrogens is 1750 g/mol. The molecule has 0 radical (unpaired) electrons. The second-order valence-electron chi connectivity index (χ2n) is 41.2. The largest absolute Gasteiger partial charge is 0.491 e. The first-order chi connectivity index (χ1) is 61.5. The third-order valence-corrected chi connectivity index (χ3v) is 29.1. The van der Waals surface area contributed by atoms with Crippen molar-refractivity contribution in [3.05, 3.63) is 235 Å². The van der Waals surface area contributed by atoms with Crippen LogP contribution in [0.25, 0.3) is 0 Å². The zero-order valence-electron chi connectivity index (χ0n) is 82.0. The lowest BCUT2D eigenvalue weighted by atomic mass is 9.79. The van der Waals surface area contributed by atoms with Gasteiger partial charge >= 0.3 is 0 Å². The molecule has 0 heterocycles. The van der Waals surface area contributed by atoms with Crippen LogP contribution in [0.4, 0.5) is 0 Å². The summed E-state index contributed by atoms with van der Waals surface area (Å²) < 4.78 is 152. The molecule has 8 bridgehead atoms. The molecule has 8 N–H and O–H groups in total. The van der Waals surface area contributed by atoms with Crippen LogP contribution in [-0.2, 0) is 107 Å². The predicted octanol–water partition coefficient (Wildman–Crippen LogP) is 16.3. The molecule has 0 aromatic heterocycles. The summed E-state index contributed by atoms with van der Waals surface area (Å²) in [7, 11) is -16.7. The minimum absolute atomic E-state index is 0.0188. The zero-order valence-corrected chi connectivity index (χ0v) is 85.2. The van der Waals surface area contributed by atoms with Crippen molar-refractivity contribution in [2.45, 2.75) is 283 Å². The average Bonchev–Trinajstić information content (AvgIpc) is 0.758. The maximum Gasteiger partial charge on any atom is 0.241 e. The normalized spacial score (nSPS) is 14.0. The third kappa shape index (κ3) is 30.2. The first kappa shape index (κ1) is 106. The lowest BCUT2D eigenvalue weighted by molar-refractivity contribution is -0.123. The van der Waals surface area contributed by atoms with Crippen molar-refractivity contribution in [1.82, 2.24) is 40.2 Å². The van der Waals surface area contributed by atoms with Crippen LogP contribution in [0.2, 0.25) is 0 Å². The fraction of sp³-hybridized carbons (Fsp3) is 0.500. The highest BCUT2D eigenvalue weighted by Crippen LogP contribution is 2.45. The topological polar surface area (TPSA) is 338 Å². The molecule has 8 aromatic rings. The van der Waals surface area contributed by atoms with Crippen molar-refractivity contribution < 1.29 is 71.8 Å². The van der Waals surface area contributed by atoms with Gasteiger partial charge in [-0.05, 0) is 214 Å². The summed E-state index contributed by atoms with van der Waals surface area (Å²) in [5, 5.41) is 12.1. The lowest BCUT2D eigenvalue weighted by Crippen LogP contribution is -2.48. The Balaban J connectivity index is 1.26. The van der Waals surface area contributed by atoms with Gasteiger partial charge in [0.05, 0.1) is 45.8 Å². The van der Waals surface area contributed by atoms with Gasteiger partial charge in [-0.25, -0.2) is 33.7 Å². The average molecular weight is 1890 g/mol. The molecule has 1 aliphatic rings. The molecule has 4 unspecified atom stereocenters. The third-order valence-electron chi connectivity index (χ3n) is 23.2. The van der Waals surface area contributed by atoms with Crippen molar-refractivity contribution in [3.8, 4) is 23.0 Å². The van der Waals surface area contributed by atoms with Crippen LogP contribution in [0.3, 0.4) is 0 Å². The van der Waals surface area contributed by atoms with E-state index in [9.17, 15) is 52.8 Å². The number of nitrogens with one attached hydrogen (secondary N) is 8. The number of rotatable bonds is 40. The number of hydrogen-bond donors (Lipinski definition) is 8. The summed E-state index contributed by atoms with van der Waals surface area (Å²) in [5.74, 6) is -0.696. The minimum Gasteiger partial charge on any atom is -0.491 e. The van der Waals surface area contributed by atoms with Crippen LogP contribution in [0, 0.1) is 51.4 Å². The van der Waals surface area contributed by atoms with Gasteiger partial charge in [0.2, 0.25) is 63.7 Å². The van der Waals surface area contributed by atoms with Crippen LogP contribution in [0.1, 0.15) is 253 Å². The second kappa shape index (κ2) is 44.8. The number of fused-ring (bicyclic) bond motifs is 8. The molecule has 0 fully saturated rings. The first-order valence-corrected chi connectivity index (χ1v) is 52.0. The summed E-state index contributed by atoms with van der Waals surface area (Å²) in [6.07, 6.45) is 1.33. The zero-order chi connectivity index (χ0) is 97.6. The molecule has 0 spiro atoms. The van der Waals surface area contributed by atoms with Gasteiger partial charge in [0.1, 0.15) is 73.6 Å². The molecule has 0 saturated heterocycles. The van der Waals surface area contributed by atoms with Crippen molar-refractivity contribution in [3.63, 3.8) is 0 Å². The van der Waals surface area contributed by atoms with Gasteiger partial charge in [0.15, 0.2) is 0 Å². The van der Waals surface area contributed by atoms with Crippen LogP contribution in [0.15, 0.2) is 165 Å². The standard InChI is InChI=1S/C104H144N8O16S4/c1-65(2)49-89(109-129(117,118)85-33-25-69(9)26-34-85)97(113)105-41-45-125-93-73-53-75-59-82(102(16,17)18)61-77(94(75)126-46-42-106-98(114)90(50-66(3)4)110-130(119,120)86-35-27-70(10)28-36-86)55-79-63-84(104(22,23)24)64-80(96(79)128-48-44-108-100(116)92(52-68(7)8)112-132(123,124)88-39-31-72(12)32-40-88)56-78-62-83(103(19,20)21)60-76(54-74(93)58-81(57-73)101(13,14)15)95(78)127-47-43-107-99(115)91(51-67(5)6)111-131(121,122)87-37-29-71(11)30-38-87/h25-40,57-68,89-92,109-112H,41-56H2,1-24H3,(H,105,113)(H,106,114)(H,107,115)(H,108,116). The highest BCUT2D eigenvalue weighted by molar-refractivity contribution is 7.90. The Morgan fingerprint density at radius 3 is 0.561 bits per heavy atom. The monoisotopic (exact) mass is 1890 g/mol. The number of aryl methyl sites for hydroxylation is 4. The molecule has 132 heavy (non-hydrogen) atoms. The molecule has 28 heteroatoms. The Morgan fingerprint density at radius 1 is 0.273 bits per heavy atom. The number of ether oxygens (including phenoxy) is 4. The molecule has 4 amide bonds. The van der Waals surface area contributed by atoms with Crippen molar-refractivity contribution in [2.75, 3.05) is 52.6 Å². The summed E-state index contributed by atoms with van der Waals surface area (Å²) >= 11 is 0. The predicted molar refractivity (Wildman–Crippen MR) is 525 cm³/mol. The van der Waals surface area contributed by atoms with Gasteiger partial charge in [-0.15, -0.1) is 0 Å². The number of amides is 4. The Morgan fingerprint density at radius 2 is 0.424 bits per heavy atom. The highest BCUT2D eigenvalue weighted by Gasteiger charge is 2.36. The van der Waals surface area contributed by atoms with E-state index in [1.54, 1.807) is 48.5 Å². The van der Waals surface area contributed by atoms with Gasteiger partial charge in [0.25, 0.3) is 0 Å². The molecule has 8 aromatic carbocycles. The van der Waals surface area contributed by atoms with E-state index in [1.807, 2.05) is 83.1 Å². The van der Waals surface area contributed by atoms with E-state index in [2.05, 4.69) is 172 Å². The van der Waals surface area contributed by atoms with Crippen LogP contribution >= 0.6 is 0 Å². The smallest absolute Gasteiger partial charge is 0.241 e. The molecule has 24 nitrogen and oxygen atoms in total. The van der Waals surface area contributed by atoms with Gasteiger partial charge in [0, 0.05) is 25.7 Å². The second-order valence-corrected chi connectivity index (χ2v) is 48.1. The Hall–Kier alpha value is -9.52. The maximum absolute atomic E-state index is 14.7. The quantitative estimate of drug-likeness (QED) is 0.0165. The van der Waals surface area contributed by atoms with E-state index in [1.165, 1.54) is 48.5 Å². The first-order valence-electron chi connectivity index (χ1n) is 46.1. The molecule has 0 saturated carbocycles. The fourth-order valence-electron chi connectivity index (χ4n) is 15.8. The highest BCUT2D eigenvalue weighted by atomic mass is 32.2. The summed E-state index contributed by atoms with van der Waals surface area (Å²) in [6, 6.07) is 38.1. The van der Waals surface area contributed by atoms with Gasteiger partial charge < -0.3 is 40.2 Å². The van der Waals surface area contributed by atoms with E-state index in [-0.39, 0.29) is 147 Å². The number of benzene rings is 8. The number of hydrogen-bond acceptors (Lipinski definition) is 16. The van der Waals surface area contributed by atoms with E-state index in [0.29, 0.717) is 23.0 Å². The number of sulfonamides is 4. The Bertz CT molecular complexity index is 5020. The molecule has 720 valence electrons. The molecule has 1 aliphatic carbocycles. The number of carbonyl (C=O) groups excluding carboxylic acids is 4. The van der Waals surface area contributed by atoms with E-state index < -0.39 is 110 Å². The Labute approximate surface area is 787 Å². The molecule has 9 rings (SSSR count). The van der Waals surface area contributed by atoms with E-state index in [0.717, 1.165) is 89.0 Å². The van der Waals surface area contributed by atoms with E-state index in [4.69, 9.17) is 18.9 Å².